The molecule has 0 aliphatic rings. The molecule has 2 nitrogen and oxygen atoms in total. The summed E-state index contributed by atoms with van der Waals surface area (Å²) in [5, 5.41) is 9.02. The first-order valence-corrected chi connectivity index (χ1v) is 3.43. The Balaban J connectivity index is 4.15. The van der Waals surface area contributed by atoms with Crippen molar-refractivity contribution in [2.45, 2.75) is 20.8 Å². The molecular formula is C7H14FNO. The second-order valence-electron chi connectivity index (χ2n) is 2.03. The minimum absolute atomic E-state index is 0.245. The number of nitrogens with zero attached hydrogens (tertiary/aromatic N) is 1. The van der Waals surface area contributed by atoms with E-state index >= 15 is 0 Å². The van der Waals surface area contributed by atoms with Gasteiger partial charge in [-0.25, -0.2) is 4.39 Å². The third-order valence-electron chi connectivity index (χ3n) is 1.37. The Morgan fingerprint density at radius 1 is 1.40 bits per heavy atom. The number of hydrogen-bond acceptors (Lipinski definition) is 2. The first kappa shape index (κ1) is 9.27. The van der Waals surface area contributed by atoms with Gasteiger partial charge in [0.15, 0.2) is 5.83 Å². The first-order valence-electron chi connectivity index (χ1n) is 3.43. The number of hydrogen-bond donors (Lipinski definition) is 1. The van der Waals surface area contributed by atoms with E-state index in [1.54, 1.807) is 4.90 Å². The fourth-order valence-corrected chi connectivity index (χ4v) is 0.741. The van der Waals surface area contributed by atoms with Gasteiger partial charge in [-0.3, -0.25) is 0 Å². The molecule has 0 aromatic rings. The van der Waals surface area contributed by atoms with Crippen LogP contribution in [0.3, 0.4) is 0 Å². The molecule has 10 heavy (non-hydrogen) atoms. The summed E-state index contributed by atoms with van der Waals surface area (Å²) in [4.78, 5) is 1.55. The Bertz CT molecular complexity index is 126. The number of rotatable bonds is 3. The highest BCUT2D eigenvalue weighted by Gasteiger charge is 2.05. The van der Waals surface area contributed by atoms with Crippen LogP contribution in [0.1, 0.15) is 20.8 Å². The molecule has 0 aromatic carbocycles. The van der Waals surface area contributed by atoms with Crippen molar-refractivity contribution >= 4 is 0 Å². The van der Waals surface area contributed by atoms with Gasteiger partial charge in [-0.2, -0.15) is 0 Å². The van der Waals surface area contributed by atoms with Gasteiger partial charge in [-0.1, -0.05) is 0 Å². The molecule has 0 bridgehead atoms. The highest BCUT2D eigenvalue weighted by molar-refractivity contribution is 4.94. The van der Waals surface area contributed by atoms with E-state index in [9.17, 15) is 4.39 Å². The van der Waals surface area contributed by atoms with E-state index in [4.69, 9.17) is 5.11 Å². The molecule has 0 aliphatic heterocycles. The van der Waals surface area contributed by atoms with Gasteiger partial charge in [0.05, 0.1) is 0 Å². The highest BCUT2D eigenvalue weighted by atomic mass is 19.1. The van der Waals surface area contributed by atoms with Crippen molar-refractivity contribution in [3.63, 3.8) is 0 Å². The zero-order valence-corrected chi connectivity index (χ0v) is 6.69. The van der Waals surface area contributed by atoms with Gasteiger partial charge < -0.3 is 10.0 Å². The normalized spacial score (nSPS) is 12.8. The highest BCUT2D eigenvalue weighted by Crippen LogP contribution is 2.06. The van der Waals surface area contributed by atoms with E-state index in [0.29, 0.717) is 13.1 Å². The molecule has 0 heterocycles. The average molecular weight is 147 g/mol. The maximum absolute atomic E-state index is 12.3. The largest absolute Gasteiger partial charge is 0.493 e. The molecule has 0 aromatic heterocycles. The second kappa shape index (κ2) is 4.14. The second-order valence-corrected chi connectivity index (χ2v) is 2.03. The Morgan fingerprint density at radius 3 is 1.90 bits per heavy atom. The lowest BCUT2D eigenvalue weighted by Crippen LogP contribution is -2.22. The van der Waals surface area contributed by atoms with E-state index in [2.05, 4.69) is 0 Å². The minimum Gasteiger partial charge on any atom is -0.493 e. The summed E-state index contributed by atoms with van der Waals surface area (Å²) >= 11 is 0. The molecule has 0 aliphatic carbocycles. The summed E-state index contributed by atoms with van der Waals surface area (Å²) in [6.45, 7) is 6.23. The predicted octanol–water partition coefficient (Wildman–Crippen LogP) is 2.04. The predicted molar refractivity (Wildman–Crippen MR) is 39.4 cm³/mol. The van der Waals surface area contributed by atoms with Crippen molar-refractivity contribution in [3.05, 3.63) is 11.7 Å². The van der Waals surface area contributed by atoms with Crippen LogP contribution in [0.25, 0.3) is 0 Å². The maximum atomic E-state index is 12.3. The summed E-state index contributed by atoms with van der Waals surface area (Å²) < 4.78 is 12.3. The van der Waals surface area contributed by atoms with E-state index in [1.165, 1.54) is 6.92 Å². The topological polar surface area (TPSA) is 23.5 Å². The average Bonchev–Trinajstić information content (AvgIpc) is 1.90. The lowest BCUT2D eigenvalue weighted by atomic mass is 10.5. The van der Waals surface area contributed by atoms with Gasteiger partial charge in [-0.15, -0.1) is 0 Å². The molecule has 3 heteroatoms. The van der Waals surface area contributed by atoms with Crippen LogP contribution in [-0.4, -0.2) is 23.1 Å². The molecular weight excluding hydrogens is 133 g/mol. The summed E-state index contributed by atoms with van der Waals surface area (Å²) in [5.41, 5.74) is 0. The first-order chi connectivity index (χ1) is 4.63. The molecule has 0 radical (unpaired) electrons. The van der Waals surface area contributed by atoms with Crippen LogP contribution in [-0.2, 0) is 0 Å². The molecule has 0 amide bonds. The maximum Gasteiger partial charge on any atom is 0.219 e. The quantitative estimate of drug-likeness (QED) is 0.617. The smallest absolute Gasteiger partial charge is 0.219 e. The van der Waals surface area contributed by atoms with E-state index in [1.807, 2.05) is 13.8 Å². The van der Waals surface area contributed by atoms with E-state index < -0.39 is 5.83 Å². The summed E-state index contributed by atoms with van der Waals surface area (Å²) in [6.07, 6.45) is 0. The summed E-state index contributed by atoms with van der Waals surface area (Å²) in [7, 11) is 0. The number of halogens is 1. The molecule has 0 atom stereocenters. The van der Waals surface area contributed by atoms with Gasteiger partial charge in [-0.05, 0) is 20.8 Å². The fraction of sp³-hybridized carbons (Fsp3) is 0.714. The lowest BCUT2D eigenvalue weighted by molar-refractivity contribution is 0.199. The van der Waals surface area contributed by atoms with Crippen LogP contribution in [0.2, 0.25) is 0 Å². The Hall–Kier alpha value is -0.730. The lowest BCUT2D eigenvalue weighted by Gasteiger charge is -2.18. The third-order valence-corrected chi connectivity index (χ3v) is 1.37. The molecule has 1 N–H and O–H groups in total. The van der Waals surface area contributed by atoms with Crippen LogP contribution in [0.15, 0.2) is 11.7 Å². The molecule has 0 rings (SSSR count). The van der Waals surface area contributed by atoms with Gasteiger partial charge in [0.1, 0.15) is 0 Å². The van der Waals surface area contributed by atoms with Gasteiger partial charge in [0, 0.05) is 13.1 Å². The SMILES string of the molecule is CCN(CC)/C(O)=C(/C)F. The van der Waals surface area contributed by atoms with Crippen molar-refractivity contribution in [2.75, 3.05) is 13.1 Å². The number of allylic oxidation sites excluding steroid dienone is 1. The van der Waals surface area contributed by atoms with Crippen LogP contribution in [0, 0.1) is 0 Å². The minimum atomic E-state index is -0.524. The Kier molecular flexibility index (Phi) is 3.84. The van der Waals surface area contributed by atoms with Crippen LogP contribution in [0.5, 0.6) is 0 Å². The number of aliphatic hydroxyl groups is 1. The van der Waals surface area contributed by atoms with Crippen molar-refractivity contribution in [1.82, 2.24) is 4.90 Å². The monoisotopic (exact) mass is 147 g/mol. The zero-order valence-electron chi connectivity index (χ0n) is 6.69. The van der Waals surface area contributed by atoms with E-state index in [-0.39, 0.29) is 5.88 Å². The molecule has 0 unspecified atom stereocenters. The molecule has 0 spiro atoms. The van der Waals surface area contributed by atoms with Crippen LogP contribution in [0.4, 0.5) is 4.39 Å². The van der Waals surface area contributed by atoms with Crippen molar-refractivity contribution in [3.8, 4) is 0 Å². The van der Waals surface area contributed by atoms with Crippen molar-refractivity contribution in [2.24, 2.45) is 0 Å². The summed E-state index contributed by atoms with van der Waals surface area (Å²) in [6, 6.07) is 0. The van der Waals surface area contributed by atoms with Gasteiger partial charge in [0.2, 0.25) is 5.88 Å². The third kappa shape index (κ3) is 2.25. The van der Waals surface area contributed by atoms with Crippen molar-refractivity contribution in [1.29, 1.82) is 0 Å². The molecule has 60 valence electrons. The molecule has 0 saturated heterocycles. The standard InChI is InChI=1S/C7H14FNO/c1-4-9(5-2)7(10)6(3)8/h10H,4-5H2,1-3H3/b7-6+. The fourth-order valence-electron chi connectivity index (χ4n) is 0.741. The molecule has 0 fully saturated rings. The van der Waals surface area contributed by atoms with Crippen LogP contribution < -0.4 is 0 Å². The Labute approximate surface area is 61.0 Å². The zero-order chi connectivity index (χ0) is 8.15. The van der Waals surface area contributed by atoms with Gasteiger partial charge in [0.25, 0.3) is 0 Å². The Morgan fingerprint density at radius 2 is 1.80 bits per heavy atom. The van der Waals surface area contributed by atoms with Crippen LogP contribution >= 0.6 is 0 Å². The van der Waals surface area contributed by atoms with Crippen molar-refractivity contribution < 1.29 is 9.50 Å². The summed E-state index contributed by atoms with van der Waals surface area (Å²) in [5.74, 6) is -0.770. The molecule has 0 saturated carbocycles. The van der Waals surface area contributed by atoms with Gasteiger partial charge >= 0.3 is 0 Å². The number of aliphatic hydroxyl groups excluding tert-OH is 1. The van der Waals surface area contributed by atoms with E-state index in [0.717, 1.165) is 0 Å².